The second-order valence-electron chi connectivity index (χ2n) is 5.33. The average Bonchev–Trinajstić information content (AvgIpc) is 3.23. The number of urea groups is 1. The van der Waals surface area contributed by atoms with Crippen molar-refractivity contribution < 1.29 is 18.8 Å². The number of furan rings is 1. The Kier molecular flexibility index (Phi) is 6.22. The zero-order valence-corrected chi connectivity index (χ0v) is 13.4. The van der Waals surface area contributed by atoms with Crippen molar-refractivity contribution in [3.05, 3.63) is 41.7 Å². The van der Waals surface area contributed by atoms with Gasteiger partial charge in [0.25, 0.3) is 0 Å². The molecule has 3 N–H and O–H groups in total. The molecule has 0 aliphatic rings. The summed E-state index contributed by atoms with van der Waals surface area (Å²) in [5.74, 6) is 1.40. The fourth-order valence-electron chi connectivity index (χ4n) is 2.31. The molecule has 23 heavy (non-hydrogen) atoms. The zero-order valence-electron chi connectivity index (χ0n) is 13.4. The molecule has 126 valence electrons. The number of amides is 2. The topological polar surface area (TPSA) is 101 Å². The fourth-order valence-corrected chi connectivity index (χ4v) is 2.31. The molecule has 0 bridgehead atoms. The molecular weight excluding hydrogens is 298 g/mol. The molecule has 0 radical (unpaired) electrons. The normalized spacial score (nSPS) is 12.3. The van der Waals surface area contributed by atoms with Crippen LogP contribution >= 0.6 is 0 Å². The van der Waals surface area contributed by atoms with E-state index in [1.807, 2.05) is 6.07 Å². The number of aromatic nitrogens is 1. The number of aliphatic hydroxyl groups is 1. The minimum atomic E-state index is -0.873. The van der Waals surface area contributed by atoms with Gasteiger partial charge in [-0.3, -0.25) is 0 Å². The Morgan fingerprint density at radius 3 is 2.78 bits per heavy atom. The first-order valence-electron chi connectivity index (χ1n) is 7.82. The summed E-state index contributed by atoms with van der Waals surface area (Å²) < 4.78 is 10.3. The van der Waals surface area contributed by atoms with E-state index < -0.39 is 12.1 Å². The van der Waals surface area contributed by atoms with Crippen LogP contribution in [-0.4, -0.2) is 22.8 Å². The molecule has 1 atom stereocenters. The third-order valence-electron chi connectivity index (χ3n) is 3.73. The minimum Gasteiger partial charge on any atom is -0.467 e. The molecule has 0 fully saturated rings. The molecular formula is C16H23N3O4. The maximum atomic E-state index is 11.7. The Labute approximate surface area is 135 Å². The highest BCUT2D eigenvalue weighted by Crippen LogP contribution is 2.22. The van der Waals surface area contributed by atoms with Gasteiger partial charge in [0.15, 0.2) is 5.76 Å². The summed E-state index contributed by atoms with van der Waals surface area (Å²) in [6.45, 7) is 4.53. The quantitative estimate of drug-likeness (QED) is 0.694. The van der Waals surface area contributed by atoms with Crippen LogP contribution in [0.3, 0.4) is 0 Å². The molecule has 2 aromatic heterocycles. The Hall–Kier alpha value is -2.28. The van der Waals surface area contributed by atoms with Crippen LogP contribution in [0.2, 0.25) is 0 Å². The van der Waals surface area contributed by atoms with Crippen molar-refractivity contribution in [2.75, 3.05) is 6.54 Å². The molecule has 2 amide bonds. The van der Waals surface area contributed by atoms with E-state index in [2.05, 4.69) is 29.6 Å². The predicted octanol–water partition coefficient (Wildman–Crippen LogP) is 2.70. The lowest BCUT2D eigenvalue weighted by Crippen LogP contribution is -2.37. The standard InChI is InChI=1S/C16H23N3O4/c1-3-11(4-2)13-8-12(23-19-13)9-17-16(21)18-10-14(20)15-6-5-7-22-15/h5-8,11,14,20H,3-4,9-10H2,1-2H3,(H2,17,18,21). The number of aliphatic hydroxyl groups excluding tert-OH is 1. The van der Waals surface area contributed by atoms with Crippen LogP contribution in [0.15, 0.2) is 33.4 Å². The molecule has 0 spiro atoms. The molecule has 1 unspecified atom stereocenters. The van der Waals surface area contributed by atoms with Crippen molar-refractivity contribution in [3.63, 3.8) is 0 Å². The van der Waals surface area contributed by atoms with Crippen molar-refractivity contribution in [3.8, 4) is 0 Å². The SMILES string of the molecule is CCC(CC)c1cc(CNC(=O)NCC(O)c2ccco2)on1. The lowest BCUT2D eigenvalue weighted by Gasteiger charge is -2.10. The number of carbonyl (C=O) groups excluding carboxylic acids is 1. The summed E-state index contributed by atoms with van der Waals surface area (Å²) in [5, 5.41) is 19.1. The van der Waals surface area contributed by atoms with Gasteiger partial charge in [-0.1, -0.05) is 19.0 Å². The highest BCUT2D eigenvalue weighted by atomic mass is 16.5. The molecule has 7 nitrogen and oxygen atoms in total. The van der Waals surface area contributed by atoms with Gasteiger partial charge >= 0.3 is 6.03 Å². The van der Waals surface area contributed by atoms with Crippen LogP contribution in [0.5, 0.6) is 0 Å². The van der Waals surface area contributed by atoms with Crippen LogP contribution in [0.4, 0.5) is 4.79 Å². The Balaban J connectivity index is 1.74. The third-order valence-corrected chi connectivity index (χ3v) is 3.73. The maximum Gasteiger partial charge on any atom is 0.315 e. The zero-order chi connectivity index (χ0) is 16.7. The molecule has 7 heteroatoms. The van der Waals surface area contributed by atoms with Crippen molar-refractivity contribution in [2.24, 2.45) is 0 Å². The summed E-state index contributed by atoms with van der Waals surface area (Å²) in [4.78, 5) is 11.7. The Bertz CT molecular complexity index is 590. The van der Waals surface area contributed by atoms with E-state index in [4.69, 9.17) is 8.94 Å². The number of nitrogens with zero attached hydrogens (tertiary/aromatic N) is 1. The van der Waals surface area contributed by atoms with Gasteiger partial charge in [0.2, 0.25) is 0 Å². The highest BCUT2D eigenvalue weighted by Gasteiger charge is 2.14. The van der Waals surface area contributed by atoms with Gasteiger partial charge in [0, 0.05) is 12.0 Å². The second-order valence-corrected chi connectivity index (χ2v) is 5.33. The van der Waals surface area contributed by atoms with Crippen LogP contribution < -0.4 is 10.6 Å². The van der Waals surface area contributed by atoms with Gasteiger partial charge in [0.05, 0.1) is 25.0 Å². The van der Waals surface area contributed by atoms with Gasteiger partial charge in [-0.25, -0.2) is 4.79 Å². The summed E-state index contributed by atoms with van der Waals surface area (Å²) >= 11 is 0. The molecule has 0 saturated heterocycles. The lowest BCUT2D eigenvalue weighted by atomic mass is 9.99. The molecule has 2 aromatic rings. The van der Waals surface area contributed by atoms with Gasteiger partial charge in [0.1, 0.15) is 11.9 Å². The molecule has 2 rings (SSSR count). The monoisotopic (exact) mass is 321 g/mol. The van der Waals surface area contributed by atoms with E-state index in [1.165, 1.54) is 6.26 Å². The molecule has 0 aromatic carbocycles. The number of nitrogens with one attached hydrogen (secondary N) is 2. The number of hydrogen-bond donors (Lipinski definition) is 3. The van der Waals surface area contributed by atoms with Crippen molar-refractivity contribution in [1.29, 1.82) is 0 Å². The first-order valence-corrected chi connectivity index (χ1v) is 7.82. The maximum absolute atomic E-state index is 11.7. The number of rotatable bonds is 8. The van der Waals surface area contributed by atoms with E-state index in [-0.39, 0.29) is 13.1 Å². The molecule has 0 aliphatic heterocycles. The molecule has 0 saturated carbocycles. The van der Waals surface area contributed by atoms with Crippen LogP contribution in [0.1, 0.15) is 55.9 Å². The van der Waals surface area contributed by atoms with Crippen LogP contribution in [0, 0.1) is 0 Å². The van der Waals surface area contributed by atoms with Crippen LogP contribution in [-0.2, 0) is 6.54 Å². The second kappa shape index (κ2) is 8.38. The minimum absolute atomic E-state index is 0.0642. The average molecular weight is 321 g/mol. The summed E-state index contributed by atoms with van der Waals surface area (Å²) in [6, 6.07) is 4.81. The van der Waals surface area contributed by atoms with Crippen molar-refractivity contribution in [2.45, 2.75) is 45.3 Å². The van der Waals surface area contributed by atoms with Gasteiger partial charge in [-0.2, -0.15) is 0 Å². The Morgan fingerprint density at radius 1 is 1.35 bits per heavy atom. The van der Waals surface area contributed by atoms with E-state index in [1.54, 1.807) is 12.1 Å². The van der Waals surface area contributed by atoms with Crippen LogP contribution in [0.25, 0.3) is 0 Å². The highest BCUT2D eigenvalue weighted by molar-refractivity contribution is 5.73. The summed E-state index contributed by atoms with van der Waals surface area (Å²) in [6.07, 6.45) is 2.60. The number of carbonyl (C=O) groups is 1. The lowest BCUT2D eigenvalue weighted by molar-refractivity contribution is 0.148. The third kappa shape index (κ3) is 4.85. The van der Waals surface area contributed by atoms with Gasteiger partial charge < -0.3 is 24.7 Å². The smallest absolute Gasteiger partial charge is 0.315 e. The van der Waals surface area contributed by atoms with Crippen molar-refractivity contribution >= 4 is 6.03 Å². The fraction of sp³-hybridized carbons (Fsp3) is 0.500. The summed E-state index contributed by atoms with van der Waals surface area (Å²) in [5.41, 5.74) is 0.917. The van der Waals surface area contributed by atoms with Gasteiger partial charge in [-0.15, -0.1) is 0 Å². The van der Waals surface area contributed by atoms with E-state index >= 15 is 0 Å². The van der Waals surface area contributed by atoms with Gasteiger partial charge in [-0.05, 0) is 25.0 Å². The summed E-state index contributed by atoms with van der Waals surface area (Å²) in [7, 11) is 0. The predicted molar refractivity (Wildman–Crippen MR) is 83.7 cm³/mol. The van der Waals surface area contributed by atoms with E-state index in [0.717, 1.165) is 18.5 Å². The first-order chi connectivity index (χ1) is 11.1. The number of hydrogen-bond acceptors (Lipinski definition) is 5. The molecule has 2 heterocycles. The first kappa shape index (κ1) is 17.1. The Morgan fingerprint density at radius 2 is 2.13 bits per heavy atom. The van der Waals surface area contributed by atoms with E-state index in [9.17, 15) is 9.90 Å². The largest absolute Gasteiger partial charge is 0.467 e. The molecule has 0 aliphatic carbocycles. The van der Waals surface area contributed by atoms with Crippen molar-refractivity contribution in [1.82, 2.24) is 15.8 Å². The van der Waals surface area contributed by atoms with E-state index in [0.29, 0.717) is 17.4 Å².